The van der Waals surface area contributed by atoms with Crippen LogP contribution in [-0.4, -0.2) is 42.1 Å². The van der Waals surface area contributed by atoms with Crippen LogP contribution >= 0.6 is 0 Å². The lowest BCUT2D eigenvalue weighted by Crippen LogP contribution is -2.41. The van der Waals surface area contributed by atoms with Gasteiger partial charge in [0.1, 0.15) is 6.07 Å². The van der Waals surface area contributed by atoms with Crippen molar-refractivity contribution < 1.29 is 0 Å². The minimum absolute atomic E-state index is 0.522. The van der Waals surface area contributed by atoms with Crippen molar-refractivity contribution >= 4 is 11.5 Å². The van der Waals surface area contributed by atoms with E-state index >= 15 is 0 Å². The van der Waals surface area contributed by atoms with E-state index in [9.17, 15) is 0 Å². The molecule has 0 aromatic carbocycles. The van der Waals surface area contributed by atoms with E-state index in [4.69, 9.17) is 11.0 Å². The molecule has 5 heteroatoms. The molecule has 0 spiro atoms. The first kappa shape index (κ1) is 13.2. The van der Waals surface area contributed by atoms with Crippen molar-refractivity contribution in [3.63, 3.8) is 0 Å². The lowest BCUT2D eigenvalue weighted by molar-refractivity contribution is 0.175. The van der Waals surface area contributed by atoms with E-state index in [0.29, 0.717) is 17.3 Å². The van der Waals surface area contributed by atoms with Gasteiger partial charge in [0.25, 0.3) is 0 Å². The first-order valence-corrected chi connectivity index (χ1v) is 7.43. The maximum atomic E-state index is 9.06. The molecule has 1 aromatic heterocycles. The van der Waals surface area contributed by atoms with Crippen LogP contribution in [0.5, 0.6) is 0 Å². The van der Waals surface area contributed by atoms with Gasteiger partial charge in [-0.2, -0.15) is 5.26 Å². The summed E-state index contributed by atoms with van der Waals surface area (Å²) < 4.78 is 0. The summed E-state index contributed by atoms with van der Waals surface area (Å²) in [4.78, 5) is 9.22. The summed E-state index contributed by atoms with van der Waals surface area (Å²) in [5.41, 5.74) is 7.10. The fourth-order valence-corrected chi connectivity index (χ4v) is 3.33. The number of anilines is 2. The van der Waals surface area contributed by atoms with Crippen LogP contribution in [0.1, 0.15) is 31.2 Å². The zero-order chi connectivity index (χ0) is 13.9. The van der Waals surface area contributed by atoms with Crippen LogP contribution in [0.3, 0.4) is 0 Å². The van der Waals surface area contributed by atoms with Crippen molar-refractivity contribution in [1.82, 2.24) is 9.88 Å². The Labute approximate surface area is 120 Å². The van der Waals surface area contributed by atoms with Gasteiger partial charge in [0.05, 0.1) is 11.3 Å². The zero-order valence-corrected chi connectivity index (χ0v) is 11.8. The van der Waals surface area contributed by atoms with Crippen LogP contribution in [0.2, 0.25) is 0 Å². The third kappa shape index (κ3) is 2.44. The molecule has 106 valence electrons. The summed E-state index contributed by atoms with van der Waals surface area (Å²) in [7, 11) is 0. The Morgan fingerprint density at radius 2 is 2.05 bits per heavy atom. The Bertz CT molecular complexity index is 515. The molecule has 5 nitrogen and oxygen atoms in total. The van der Waals surface area contributed by atoms with Crippen LogP contribution in [0.25, 0.3) is 0 Å². The number of nitrogens with two attached hydrogens (primary N) is 1. The van der Waals surface area contributed by atoms with E-state index < -0.39 is 0 Å². The molecule has 2 aliphatic heterocycles. The van der Waals surface area contributed by atoms with Gasteiger partial charge in [-0.05, 0) is 38.4 Å². The highest BCUT2D eigenvalue weighted by Crippen LogP contribution is 2.29. The van der Waals surface area contributed by atoms with Crippen LogP contribution < -0.4 is 10.6 Å². The van der Waals surface area contributed by atoms with Crippen molar-refractivity contribution in [3.05, 3.63) is 17.8 Å². The molecule has 0 aliphatic carbocycles. The Morgan fingerprint density at radius 3 is 2.80 bits per heavy atom. The minimum atomic E-state index is 0.522. The highest BCUT2D eigenvalue weighted by atomic mass is 15.3. The topological polar surface area (TPSA) is 69.2 Å². The summed E-state index contributed by atoms with van der Waals surface area (Å²) in [6.07, 6.45) is 6.85. The van der Waals surface area contributed by atoms with E-state index in [1.54, 1.807) is 12.3 Å². The van der Waals surface area contributed by atoms with E-state index in [0.717, 1.165) is 25.3 Å². The molecule has 1 unspecified atom stereocenters. The number of nitrogen functional groups attached to an aromatic ring is 1. The van der Waals surface area contributed by atoms with E-state index in [1.165, 1.54) is 32.4 Å². The fourth-order valence-electron chi connectivity index (χ4n) is 3.33. The molecule has 3 rings (SSSR count). The van der Waals surface area contributed by atoms with Gasteiger partial charge in [-0.15, -0.1) is 0 Å². The SMILES string of the molecule is N#Cc1ccnc(N2CCC(N3CCCCC3)C2)c1N. The maximum Gasteiger partial charge on any atom is 0.153 e. The maximum absolute atomic E-state index is 9.06. The Morgan fingerprint density at radius 1 is 1.25 bits per heavy atom. The molecule has 1 atom stereocenters. The lowest BCUT2D eigenvalue weighted by Gasteiger charge is -2.32. The second-order valence-electron chi connectivity index (χ2n) is 5.69. The average molecular weight is 271 g/mol. The highest BCUT2D eigenvalue weighted by Gasteiger charge is 2.30. The normalized spacial score (nSPS) is 23.8. The van der Waals surface area contributed by atoms with Crippen LogP contribution in [-0.2, 0) is 0 Å². The molecule has 20 heavy (non-hydrogen) atoms. The summed E-state index contributed by atoms with van der Waals surface area (Å²) in [6, 6.07) is 4.42. The van der Waals surface area contributed by atoms with E-state index in [1.807, 2.05) is 0 Å². The second-order valence-corrected chi connectivity index (χ2v) is 5.69. The number of likely N-dealkylation sites (tertiary alicyclic amines) is 1. The summed E-state index contributed by atoms with van der Waals surface area (Å²) in [6.45, 7) is 4.40. The molecule has 2 N–H and O–H groups in total. The number of nitriles is 1. The summed E-state index contributed by atoms with van der Waals surface area (Å²) in [5.74, 6) is 0.781. The predicted molar refractivity (Wildman–Crippen MR) is 79.4 cm³/mol. The summed E-state index contributed by atoms with van der Waals surface area (Å²) in [5, 5.41) is 9.06. The first-order chi connectivity index (χ1) is 9.79. The molecular weight excluding hydrogens is 250 g/mol. The number of nitrogens with zero attached hydrogens (tertiary/aromatic N) is 4. The zero-order valence-electron chi connectivity index (χ0n) is 11.8. The van der Waals surface area contributed by atoms with Gasteiger partial charge in [-0.25, -0.2) is 4.98 Å². The van der Waals surface area contributed by atoms with Gasteiger partial charge in [-0.1, -0.05) is 6.42 Å². The third-order valence-corrected chi connectivity index (χ3v) is 4.46. The van der Waals surface area contributed by atoms with Gasteiger partial charge in [0, 0.05) is 25.3 Å². The summed E-state index contributed by atoms with van der Waals surface area (Å²) >= 11 is 0. The molecule has 0 bridgehead atoms. The molecule has 2 aliphatic rings. The molecule has 0 saturated carbocycles. The van der Waals surface area contributed by atoms with Gasteiger partial charge in [-0.3, -0.25) is 4.90 Å². The number of hydrogen-bond acceptors (Lipinski definition) is 5. The largest absolute Gasteiger partial charge is 0.395 e. The average Bonchev–Trinajstić information content (AvgIpc) is 2.98. The van der Waals surface area contributed by atoms with Crippen molar-refractivity contribution in [3.8, 4) is 6.07 Å². The number of rotatable bonds is 2. The van der Waals surface area contributed by atoms with Gasteiger partial charge >= 0.3 is 0 Å². The van der Waals surface area contributed by atoms with Gasteiger partial charge in [0.15, 0.2) is 5.82 Å². The van der Waals surface area contributed by atoms with Crippen molar-refractivity contribution in [1.29, 1.82) is 5.26 Å². The number of aromatic nitrogens is 1. The van der Waals surface area contributed by atoms with Crippen LogP contribution in [0, 0.1) is 11.3 Å². The lowest BCUT2D eigenvalue weighted by atomic mass is 10.1. The quantitative estimate of drug-likeness (QED) is 0.884. The Balaban J connectivity index is 1.72. The number of hydrogen-bond donors (Lipinski definition) is 1. The van der Waals surface area contributed by atoms with Crippen molar-refractivity contribution in [2.45, 2.75) is 31.7 Å². The van der Waals surface area contributed by atoms with Crippen LogP contribution in [0.15, 0.2) is 12.3 Å². The van der Waals surface area contributed by atoms with Gasteiger partial charge in [0.2, 0.25) is 0 Å². The molecule has 2 fully saturated rings. The molecule has 3 heterocycles. The number of piperidine rings is 1. The fraction of sp³-hybridized carbons (Fsp3) is 0.600. The molecule has 2 saturated heterocycles. The molecule has 0 amide bonds. The highest BCUT2D eigenvalue weighted by molar-refractivity contribution is 5.70. The van der Waals surface area contributed by atoms with Gasteiger partial charge < -0.3 is 10.6 Å². The molecule has 1 aromatic rings. The predicted octanol–water partition coefficient (Wildman–Crippen LogP) is 1.60. The first-order valence-electron chi connectivity index (χ1n) is 7.43. The monoisotopic (exact) mass is 271 g/mol. The minimum Gasteiger partial charge on any atom is -0.395 e. The third-order valence-electron chi connectivity index (χ3n) is 4.46. The van der Waals surface area contributed by atoms with E-state index in [-0.39, 0.29) is 0 Å². The second kappa shape index (κ2) is 5.68. The molecular formula is C15H21N5. The van der Waals surface area contributed by atoms with Crippen molar-refractivity contribution in [2.24, 2.45) is 0 Å². The Kier molecular flexibility index (Phi) is 3.75. The smallest absolute Gasteiger partial charge is 0.153 e. The molecule has 0 radical (unpaired) electrons. The van der Waals surface area contributed by atoms with Crippen molar-refractivity contribution in [2.75, 3.05) is 36.8 Å². The van der Waals surface area contributed by atoms with E-state index in [2.05, 4.69) is 20.9 Å². The standard InChI is InChI=1S/C15H21N5/c16-10-12-4-6-18-15(14(12)17)20-9-5-13(11-20)19-7-2-1-3-8-19/h4,6,13H,1-3,5,7-9,11,17H2. The Hall–Kier alpha value is -1.80. The van der Waals surface area contributed by atoms with Crippen LogP contribution in [0.4, 0.5) is 11.5 Å². The number of pyridine rings is 1.